The summed E-state index contributed by atoms with van der Waals surface area (Å²) in [5.41, 5.74) is 6.74. The van der Waals surface area contributed by atoms with Crippen molar-refractivity contribution in [2.45, 2.75) is 44.8 Å². The molecule has 2 N–H and O–H groups in total. The van der Waals surface area contributed by atoms with Gasteiger partial charge in [-0.25, -0.2) is 0 Å². The van der Waals surface area contributed by atoms with E-state index in [1.807, 2.05) is 12.1 Å². The quantitative estimate of drug-likeness (QED) is 0.865. The van der Waals surface area contributed by atoms with E-state index in [0.717, 1.165) is 33.1 Å². The molecule has 0 atom stereocenters. The lowest BCUT2D eigenvalue weighted by Gasteiger charge is -2.24. The summed E-state index contributed by atoms with van der Waals surface area (Å²) in [6.07, 6.45) is 6.59. The van der Waals surface area contributed by atoms with Crippen LogP contribution in [-0.4, -0.2) is 6.10 Å². The van der Waals surface area contributed by atoms with Crippen molar-refractivity contribution in [1.82, 2.24) is 0 Å². The predicted octanol–water partition coefficient (Wildman–Crippen LogP) is 4.38. The van der Waals surface area contributed by atoms with Crippen molar-refractivity contribution in [2.75, 3.05) is 0 Å². The van der Waals surface area contributed by atoms with Gasteiger partial charge in [0.2, 0.25) is 0 Å². The van der Waals surface area contributed by atoms with Crippen LogP contribution < -0.4 is 10.5 Å². The number of halogens is 2. The van der Waals surface area contributed by atoms with Crippen LogP contribution in [0.15, 0.2) is 21.1 Å². The van der Waals surface area contributed by atoms with Crippen LogP contribution in [0, 0.1) is 0 Å². The van der Waals surface area contributed by atoms with Crippen LogP contribution in [0.4, 0.5) is 0 Å². The van der Waals surface area contributed by atoms with E-state index in [9.17, 15) is 0 Å². The summed E-state index contributed by atoms with van der Waals surface area (Å²) in [4.78, 5) is 0. The highest BCUT2D eigenvalue weighted by atomic mass is 79.9. The number of ether oxygens (including phenoxy) is 1. The maximum Gasteiger partial charge on any atom is 0.148 e. The largest absolute Gasteiger partial charge is 0.488 e. The van der Waals surface area contributed by atoms with Gasteiger partial charge in [-0.15, -0.1) is 0 Å². The maximum absolute atomic E-state index is 6.08. The lowest BCUT2D eigenvalue weighted by atomic mass is 9.98. The van der Waals surface area contributed by atoms with Crippen LogP contribution in [0.1, 0.15) is 37.7 Å². The Labute approximate surface area is 119 Å². The molecule has 17 heavy (non-hydrogen) atoms. The van der Waals surface area contributed by atoms with Gasteiger partial charge in [0.15, 0.2) is 0 Å². The van der Waals surface area contributed by atoms with Crippen molar-refractivity contribution >= 4 is 31.9 Å². The molecular formula is C13H17Br2NO. The summed E-state index contributed by atoms with van der Waals surface area (Å²) in [5.74, 6) is 0.911. The van der Waals surface area contributed by atoms with E-state index in [2.05, 4.69) is 31.9 Å². The Morgan fingerprint density at radius 2 is 1.71 bits per heavy atom. The highest BCUT2D eigenvalue weighted by Gasteiger charge is 2.18. The Kier molecular flexibility index (Phi) is 4.88. The normalized spacial score (nSPS) is 17.1. The van der Waals surface area contributed by atoms with Gasteiger partial charge in [0.05, 0.1) is 15.0 Å². The highest BCUT2D eigenvalue weighted by Crippen LogP contribution is 2.37. The molecule has 1 saturated carbocycles. The van der Waals surface area contributed by atoms with Crippen molar-refractivity contribution < 1.29 is 4.74 Å². The lowest BCUT2D eigenvalue weighted by molar-refractivity contribution is 0.153. The van der Waals surface area contributed by atoms with E-state index in [1.54, 1.807) is 0 Å². The third kappa shape index (κ3) is 3.46. The van der Waals surface area contributed by atoms with Gasteiger partial charge in [0.25, 0.3) is 0 Å². The van der Waals surface area contributed by atoms with Gasteiger partial charge in [-0.05, 0) is 75.2 Å². The molecule has 2 nitrogen and oxygen atoms in total. The number of rotatable bonds is 3. The summed E-state index contributed by atoms with van der Waals surface area (Å²) in [5, 5.41) is 0. The predicted molar refractivity (Wildman–Crippen MR) is 77.2 cm³/mol. The molecule has 2 rings (SSSR count). The van der Waals surface area contributed by atoms with Crippen LogP contribution in [0.2, 0.25) is 0 Å². The molecule has 0 amide bonds. The molecule has 1 aromatic carbocycles. The molecule has 0 aliphatic heterocycles. The van der Waals surface area contributed by atoms with Gasteiger partial charge in [0, 0.05) is 6.54 Å². The van der Waals surface area contributed by atoms with E-state index in [4.69, 9.17) is 10.5 Å². The van der Waals surface area contributed by atoms with E-state index in [1.165, 1.54) is 19.3 Å². The van der Waals surface area contributed by atoms with E-state index in [-0.39, 0.29) is 0 Å². The minimum Gasteiger partial charge on any atom is -0.488 e. The molecule has 0 bridgehead atoms. The molecule has 1 fully saturated rings. The van der Waals surface area contributed by atoms with Crippen molar-refractivity contribution in [1.29, 1.82) is 0 Å². The third-order valence-electron chi connectivity index (χ3n) is 3.13. The average molecular weight is 363 g/mol. The monoisotopic (exact) mass is 361 g/mol. The Hall–Kier alpha value is -0.0600. The summed E-state index contributed by atoms with van der Waals surface area (Å²) >= 11 is 7.11. The summed E-state index contributed by atoms with van der Waals surface area (Å²) < 4.78 is 8.05. The maximum atomic E-state index is 6.08. The zero-order valence-electron chi connectivity index (χ0n) is 9.72. The van der Waals surface area contributed by atoms with Crippen LogP contribution in [-0.2, 0) is 6.54 Å². The van der Waals surface area contributed by atoms with E-state index < -0.39 is 0 Å². The molecule has 1 aromatic rings. The SMILES string of the molecule is NCc1cc(Br)c(OC2CCCCC2)c(Br)c1. The average Bonchev–Trinajstić information content (AvgIpc) is 2.35. The summed E-state index contributed by atoms with van der Waals surface area (Å²) in [7, 11) is 0. The van der Waals surface area contributed by atoms with Gasteiger partial charge >= 0.3 is 0 Å². The minimum atomic E-state index is 0.361. The van der Waals surface area contributed by atoms with E-state index >= 15 is 0 Å². The standard InChI is InChI=1S/C13H17Br2NO/c14-11-6-9(8-16)7-12(15)13(11)17-10-4-2-1-3-5-10/h6-7,10H,1-5,8,16H2. The summed E-state index contributed by atoms with van der Waals surface area (Å²) in [6.45, 7) is 0.543. The Balaban J connectivity index is 2.14. The first kappa shape index (κ1) is 13.4. The molecule has 94 valence electrons. The lowest BCUT2D eigenvalue weighted by Crippen LogP contribution is -2.20. The van der Waals surface area contributed by atoms with Crippen molar-refractivity contribution in [2.24, 2.45) is 5.73 Å². The first-order chi connectivity index (χ1) is 8.20. The number of hydrogen-bond donors (Lipinski definition) is 1. The van der Waals surface area contributed by atoms with Crippen molar-refractivity contribution in [3.63, 3.8) is 0 Å². The molecule has 0 unspecified atom stereocenters. The fourth-order valence-electron chi connectivity index (χ4n) is 2.19. The van der Waals surface area contributed by atoms with Gasteiger partial charge in [-0.2, -0.15) is 0 Å². The highest BCUT2D eigenvalue weighted by molar-refractivity contribution is 9.11. The van der Waals surface area contributed by atoms with Crippen molar-refractivity contribution in [3.05, 3.63) is 26.6 Å². The smallest absolute Gasteiger partial charge is 0.148 e. The molecule has 0 heterocycles. The first-order valence-electron chi connectivity index (χ1n) is 6.05. The van der Waals surface area contributed by atoms with Gasteiger partial charge in [-0.3, -0.25) is 0 Å². The second-order valence-electron chi connectivity index (χ2n) is 4.47. The Bertz CT molecular complexity index is 366. The molecule has 1 aliphatic rings. The zero-order chi connectivity index (χ0) is 12.3. The first-order valence-corrected chi connectivity index (χ1v) is 7.64. The fourth-order valence-corrected chi connectivity index (χ4v) is 3.66. The number of nitrogens with two attached hydrogens (primary N) is 1. The van der Waals surface area contributed by atoms with Gasteiger partial charge in [0.1, 0.15) is 5.75 Å². The number of benzene rings is 1. The molecular weight excluding hydrogens is 346 g/mol. The third-order valence-corrected chi connectivity index (χ3v) is 4.31. The zero-order valence-corrected chi connectivity index (χ0v) is 12.9. The van der Waals surface area contributed by atoms with Crippen LogP contribution in [0.25, 0.3) is 0 Å². The fraction of sp³-hybridized carbons (Fsp3) is 0.538. The molecule has 4 heteroatoms. The summed E-state index contributed by atoms with van der Waals surface area (Å²) in [6, 6.07) is 4.06. The van der Waals surface area contributed by atoms with Crippen LogP contribution in [0.5, 0.6) is 5.75 Å². The Morgan fingerprint density at radius 1 is 1.12 bits per heavy atom. The van der Waals surface area contributed by atoms with Crippen LogP contribution >= 0.6 is 31.9 Å². The van der Waals surface area contributed by atoms with Crippen LogP contribution in [0.3, 0.4) is 0 Å². The molecule has 0 saturated heterocycles. The molecule has 1 aliphatic carbocycles. The Morgan fingerprint density at radius 3 is 2.24 bits per heavy atom. The molecule has 0 radical (unpaired) electrons. The second kappa shape index (κ2) is 6.21. The van der Waals surface area contributed by atoms with E-state index in [0.29, 0.717) is 12.6 Å². The molecule has 0 spiro atoms. The second-order valence-corrected chi connectivity index (χ2v) is 6.18. The van der Waals surface area contributed by atoms with Gasteiger partial charge in [-0.1, -0.05) is 6.42 Å². The number of hydrogen-bond acceptors (Lipinski definition) is 2. The van der Waals surface area contributed by atoms with Crippen molar-refractivity contribution in [3.8, 4) is 5.75 Å². The minimum absolute atomic E-state index is 0.361. The van der Waals surface area contributed by atoms with Gasteiger partial charge < -0.3 is 10.5 Å². The topological polar surface area (TPSA) is 35.2 Å². The molecule has 0 aromatic heterocycles.